The third-order valence-electron chi connectivity index (χ3n) is 5.57. The van der Waals surface area contributed by atoms with Gasteiger partial charge in [0.25, 0.3) is 0 Å². The zero-order valence-corrected chi connectivity index (χ0v) is 18.9. The summed E-state index contributed by atoms with van der Waals surface area (Å²) in [6.07, 6.45) is 3.32. The third kappa shape index (κ3) is 5.34. The van der Waals surface area contributed by atoms with Gasteiger partial charge in [-0.1, -0.05) is 18.2 Å². The Labute approximate surface area is 188 Å². The summed E-state index contributed by atoms with van der Waals surface area (Å²) in [6, 6.07) is 15.7. The molecule has 32 heavy (non-hydrogen) atoms. The summed E-state index contributed by atoms with van der Waals surface area (Å²) < 4.78 is 7.26. The first-order valence-corrected chi connectivity index (χ1v) is 11.1. The standard InChI is InChI=1S/C25H30N4O3/c1-25(2,3)32-24(31)28-14-12-20(13-15-28)26-16-23(30)18-8-10-21(11-9-18)29-17-19-6-4-5-7-22(19)27-29/h4-11,17,20,26H,12-16H2,1-3H3. The Balaban J connectivity index is 1.27. The molecule has 4 rings (SSSR count). The number of Topliss-reactive ketones (excluding diaryl/α,β-unsaturated/α-hetero) is 1. The van der Waals surface area contributed by atoms with E-state index < -0.39 is 5.60 Å². The molecule has 1 aliphatic rings. The predicted octanol–water partition coefficient (Wildman–Crippen LogP) is 4.20. The van der Waals surface area contributed by atoms with Gasteiger partial charge in [0.15, 0.2) is 5.78 Å². The Morgan fingerprint density at radius 1 is 1.06 bits per heavy atom. The molecule has 3 aromatic rings. The molecule has 0 bridgehead atoms. The highest BCUT2D eigenvalue weighted by Crippen LogP contribution is 2.17. The highest BCUT2D eigenvalue weighted by molar-refractivity contribution is 5.97. The normalized spacial score (nSPS) is 15.2. The summed E-state index contributed by atoms with van der Waals surface area (Å²) in [7, 11) is 0. The highest BCUT2D eigenvalue weighted by Gasteiger charge is 2.26. The maximum Gasteiger partial charge on any atom is 0.410 e. The van der Waals surface area contributed by atoms with Crippen LogP contribution in [0, 0.1) is 0 Å². The molecule has 0 atom stereocenters. The van der Waals surface area contributed by atoms with Crippen molar-refractivity contribution in [2.24, 2.45) is 0 Å². The molecule has 1 N–H and O–H groups in total. The van der Waals surface area contributed by atoms with Gasteiger partial charge in [0.1, 0.15) is 5.60 Å². The summed E-state index contributed by atoms with van der Waals surface area (Å²) in [5, 5.41) is 9.00. The number of nitrogens with one attached hydrogen (secondary N) is 1. The second kappa shape index (κ2) is 9.12. The van der Waals surface area contributed by atoms with Crippen LogP contribution in [0.1, 0.15) is 44.0 Å². The molecule has 0 spiro atoms. The lowest BCUT2D eigenvalue weighted by molar-refractivity contribution is 0.0198. The van der Waals surface area contributed by atoms with Gasteiger partial charge in [0.05, 0.1) is 17.7 Å². The number of ether oxygens (including phenoxy) is 1. The molecule has 0 aliphatic carbocycles. The van der Waals surface area contributed by atoms with Crippen molar-refractivity contribution in [1.29, 1.82) is 0 Å². The fourth-order valence-corrected chi connectivity index (χ4v) is 3.83. The second-order valence-electron chi connectivity index (χ2n) is 9.23. The Hall–Kier alpha value is -3.19. The third-order valence-corrected chi connectivity index (χ3v) is 5.57. The number of rotatable bonds is 5. The van der Waals surface area contributed by atoms with E-state index in [2.05, 4.69) is 10.4 Å². The minimum Gasteiger partial charge on any atom is -0.444 e. The van der Waals surface area contributed by atoms with Gasteiger partial charge < -0.3 is 15.0 Å². The average Bonchev–Trinajstić information content (AvgIpc) is 3.21. The van der Waals surface area contributed by atoms with Crippen molar-refractivity contribution in [2.45, 2.75) is 45.3 Å². The van der Waals surface area contributed by atoms with Gasteiger partial charge in [-0.05, 0) is 63.9 Å². The average molecular weight is 435 g/mol. The van der Waals surface area contributed by atoms with Crippen LogP contribution in [0.5, 0.6) is 0 Å². The number of amides is 1. The molecule has 1 saturated heterocycles. The van der Waals surface area contributed by atoms with Crippen molar-refractivity contribution in [3.8, 4) is 5.69 Å². The monoisotopic (exact) mass is 434 g/mol. The van der Waals surface area contributed by atoms with E-state index in [1.165, 1.54) is 0 Å². The van der Waals surface area contributed by atoms with Crippen molar-refractivity contribution in [3.63, 3.8) is 0 Å². The largest absolute Gasteiger partial charge is 0.444 e. The number of ketones is 1. The molecule has 0 radical (unpaired) electrons. The van der Waals surface area contributed by atoms with Gasteiger partial charge in [0.2, 0.25) is 0 Å². The maximum atomic E-state index is 12.6. The van der Waals surface area contributed by atoms with Gasteiger partial charge in [-0.3, -0.25) is 4.79 Å². The minimum atomic E-state index is -0.487. The molecule has 0 saturated carbocycles. The molecule has 7 heteroatoms. The number of piperidine rings is 1. The Bertz CT molecular complexity index is 1060. The lowest BCUT2D eigenvalue weighted by Crippen LogP contribution is -2.47. The number of hydrogen-bond donors (Lipinski definition) is 1. The van der Waals surface area contributed by atoms with Crippen LogP contribution in [0.15, 0.2) is 54.7 Å². The molecule has 168 valence electrons. The second-order valence-corrected chi connectivity index (χ2v) is 9.23. The van der Waals surface area contributed by atoms with E-state index in [4.69, 9.17) is 4.74 Å². The van der Waals surface area contributed by atoms with E-state index in [9.17, 15) is 9.59 Å². The van der Waals surface area contributed by atoms with E-state index in [0.717, 1.165) is 29.4 Å². The number of likely N-dealkylation sites (tertiary alicyclic amines) is 1. The van der Waals surface area contributed by atoms with Crippen molar-refractivity contribution in [2.75, 3.05) is 19.6 Å². The topological polar surface area (TPSA) is 76.5 Å². The zero-order chi connectivity index (χ0) is 22.7. The lowest BCUT2D eigenvalue weighted by atomic mass is 10.0. The van der Waals surface area contributed by atoms with Crippen molar-refractivity contribution in [1.82, 2.24) is 20.0 Å². The Kier molecular flexibility index (Phi) is 6.28. The van der Waals surface area contributed by atoms with Crippen molar-refractivity contribution >= 4 is 22.8 Å². The molecular weight excluding hydrogens is 404 g/mol. The van der Waals surface area contributed by atoms with Gasteiger partial charge in [-0.25, -0.2) is 9.48 Å². The van der Waals surface area contributed by atoms with E-state index in [1.807, 2.05) is 80.2 Å². The maximum absolute atomic E-state index is 12.6. The zero-order valence-electron chi connectivity index (χ0n) is 18.9. The van der Waals surface area contributed by atoms with Crippen LogP contribution in [-0.4, -0.2) is 57.8 Å². The molecule has 2 aromatic carbocycles. The van der Waals surface area contributed by atoms with Crippen molar-refractivity contribution in [3.05, 3.63) is 60.3 Å². The smallest absolute Gasteiger partial charge is 0.410 e. The van der Waals surface area contributed by atoms with Gasteiger partial charge in [0, 0.05) is 36.3 Å². The number of aromatic nitrogens is 2. The fourth-order valence-electron chi connectivity index (χ4n) is 3.83. The van der Waals surface area contributed by atoms with Crippen LogP contribution in [0.3, 0.4) is 0 Å². The van der Waals surface area contributed by atoms with Crippen LogP contribution < -0.4 is 5.32 Å². The highest BCUT2D eigenvalue weighted by atomic mass is 16.6. The fraction of sp³-hybridized carbons (Fsp3) is 0.400. The van der Waals surface area contributed by atoms with Crippen molar-refractivity contribution < 1.29 is 14.3 Å². The lowest BCUT2D eigenvalue weighted by Gasteiger charge is -2.33. The summed E-state index contributed by atoms with van der Waals surface area (Å²) in [4.78, 5) is 26.5. The van der Waals surface area contributed by atoms with Crippen LogP contribution >= 0.6 is 0 Å². The molecule has 1 aromatic heterocycles. The quantitative estimate of drug-likeness (QED) is 0.609. The van der Waals surface area contributed by atoms with Crippen LogP contribution in [0.2, 0.25) is 0 Å². The number of nitrogens with zero attached hydrogens (tertiary/aromatic N) is 3. The summed E-state index contributed by atoms with van der Waals surface area (Å²) in [5.41, 5.74) is 2.04. The van der Waals surface area contributed by atoms with Gasteiger partial charge in [-0.15, -0.1) is 0 Å². The van der Waals surface area contributed by atoms with E-state index in [1.54, 1.807) is 4.90 Å². The summed E-state index contributed by atoms with van der Waals surface area (Å²) in [5.74, 6) is 0.0525. The first-order valence-electron chi connectivity index (χ1n) is 11.1. The SMILES string of the molecule is CC(C)(C)OC(=O)N1CCC(NCC(=O)c2ccc(-n3cc4ccccc4n3)cc2)CC1. The first-order chi connectivity index (χ1) is 15.3. The molecule has 1 fully saturated rings. The molecule has 0 unspecified atom stereocenters. The molecular formula is C25H30N4O3. The van der Waals surface area contributed by atoms with Crippen LogP contribution in [-0.2, 0) is 4.74 Å². The Morgan fingerprint density at radius 3 is 2.41 bits per heavy atom. The molecule has 1 amide bonds. The van der Waals surface area contributed by atoms with Crippen LogP contribution in [0.25, 0.3) is 16.6 Å². The minimum absolute atomic E-state index is 0.0525. The Morgan fingerprint density at radius 2 is 1.75 bits per heavy atom. The number of benzene rings is 2. The van der Waals surface area contributed by atoms with E-state index in [-0.39, 0.29) is 24.5 Å². The van der Waals surface area contributed by atoms with Gasteiger partial charge in [-0.2, -0.15) is 5.10 Å². The molecule has 2 heterocycles. The predicted molar refractivity (Wildman–Crippen MR) is 124 cm³/mol. The summed E-state index contributed by atoms with van der Waals surface area (Å²) in [6.45, 7) is 7.15. The van der Waals surface area contributed by atoms with E-state index in [0.29, 0.717) is 18.7 Å². The number of hydrogen-bond acceptors (Lipinski definition) is 5. The number of fused-ring (bicyclic) bond motifs is 1. The first kappa shape index (κ1) is 22.0. The molecule has 7 nitrogen and oxygen atoms in total. The molecule has 1 aliphatic heterocycles. The number of carbonyl (C=O) groups is 2. The number of carbonyl (C=O) groups excluding carboxylic acids is 2. The van der Waals surface area contributed by atoms with E-state index >= 15 is 0 Å². The van der Waals surface area contributed by atoms with Gasteiger partial charge >= 0.3 is 6.09 Å². The van der Waals surface area contributed by atoms with Crippen LogP contribution in [0.4, 0.5) is 4.79 Å². The summed E-state index contributed by atoms with van der Waals surface area (Å²) >= 11 is 0.